The van der Waals surface area contributed by atoms with E-state index in [0.717, 1.165) is 11.2 Å². The summed E-state index contributed by atoms with van der Waals surface area (Å²) in [6.07, 6.45) is 0. The normalized spacial score (nSPS) is 12.1. The van der Waals surface area contributed by atoms with Crippen LogP contribution in [0.5, 0.6) is 0 Å². The summed E-state index contributed by atoms with van der Waals surface area (Å²) in [6, 6.07) is 46.5. The van der Waals surface area contributed by atoms with Gasteiger partial charge in [-0.25, -0.2) is 4.98 Å². The summed E-state index contributed by atoms with van der Waals surface area (Å²) in [5, 5.41) is 10.4. The molecule has 0 aliphatic carbocycles. The maximum Gasteiger partial charge on any atom is 0.0817 e. The Bertz CT molecular complexity index is 2310. The van der Waals surface area contributed by atoms with Gasteiger partial charge in [0, 0.05) is 25.9 Å². The highest BCUT2D eigenvalue weighted by Gasteiger charge is 2.21. The minimum Gasteiger partial charge on any atom is -0.247 e. The van der Waals surface area contributed by atoms with Gasteiger partial charge in [-0.15, -0.1) is 11.3 Å². The first kappa shape index (κ1) is 21.2. The van der Waals surface area contributed by atoms with E-state index in [1.54, 1.807) is 0 Å². The molecule has 0 saturated carbocycles. The predicted molar refractivity (Wildman–Crippen MR) is 168 cm³/mol. The van der Waals surface area contributed by atoms with Crippen molar-refractivity contribution in [3.63, 3.8) is 0 Å². The Morgan fingerprint density at radius 1 is 0.462 bits per heavy atom. The largest absolute Gasteiger partial charge is 0.247 e. The number of para-hydroxylation sites is 1. The first-order valence-corrected chi connectivity index (χ1v) is 14.1. The maximum atomic E-state index is 5.08. The third-order valence-electron chi connectivity index (χ3n) is 8.21. The number of nitrogens with zero attached hydrogens (tertiary/aromatic N) is 1. The minimum atomic E-state index is 1.06. The zero-order chi connectivity index (χ0) is 25.5. The zero-order valence-corrected chi connectivity index (χ0v) is 21.8. The number of hydrogen-bond donors (Lipinski definition) is 0. The molecular weight excluding hydrogens is 490 g/mol. The number of hydrogen-bond acceptors (Lipinski definition) is 2. The lowest BCUT2D eigenvalue weighted by Gasteiger charge is -2.15. The van der Waals surface area contributed by atoms with E-state index >= 15 is 0 Å². The quantitative estimate of drug-likeness (QED) is 0.210. The molecule has 39 heavy (non-hydrogen) atoms. The van der Waals surface area contributed by atoms with E-state index in [2.05, 4.69) is 127 Å². The Hall–Kier alpha value is -4.79. The predicted octanol–water partition coefficient (Wildman–Crippen LogP) is 10.8. The lowest BCUT2D eigenvalue weighted by Crippen LogP contribution is -1.88. The van der Waals surface area contributed by atoms with E-state index in [1.165, 1.54) is 74.9 Å². The van der Waals surface area contributed by atoms with E-state index in [-0.39, 0.29) is 0 Å². The number of rotatable bonds is 2. The molecule has 0 atom stereocenters. The van der Waals surface area contributed by atoms with Gasteiger partial charge in [0.2, 0.25) is 0 Å². The van der Waals surface area contributed by atoms with Crippen molar-refractivity contribution >= 4 is 64.6 Å². The average molecular weight is 512 g/mol. The van der Waals surface area contributed by atoms with Crippen LogP contribution in [0, 0.1) is 0 Å². The molecule has 0 amide bonds. The standard InChI is InChI=1S/C37H21NS/c1-3-10-31-29(8-1)35-36(38-31)30-9-2-4-11-32(30)39-37(35)26-16-12-22(13-17-26)27-20-18-25-15-14-23-6-5-7-24-19-21-28(27)34(25)33(23)24/h1-21H. The van der Waals surface area contributed by atoms with Crippen molar-refractivity contribution in [2.45, 2.75) is 0 Å². The van der Waals surface area contributed by atoms with Crippen LogP contribution in [-0.2, 0) is 0 Å². The van der Waals surface area contributed by atoms with Crippen molar-refractivity contribution in [2.24, 2.45) is 0 Å². The Morgan fingerprint density at radius 3 is 1.97 bits per heavy atom. The molecule has 0 radical (unpaired) electrons. The van der Waals surface area contributed by atoms with Crippen LogP contribution in [0.4, 0.5) is 0 Å². The second-order valence-electron chi connectivity index (χ2n) is 10.3. The molecule has 0 spiro atoms. The van der Waals surface area contributed by atoms with Crippen LogP contribution in [0.3, 0.4) is 0 Å². The highest BCUT2D eigenvalue weighted by molar-refractivity contribution is 7.22. The van der Waals surface area contributed by atoms with Gasteiger partial charge in [0.25, 0.3) is 0 Å². The second kappa shape index (κ2) is 7.86. The molecule has 0 saturated heterocycles. The Kier molecular flexibility index (Phi) is 4.27. The van der Waals surface area contributed by atoms with E-state index in [1.807, 2.05) is 11.3 Å². The van der Waals surface area contributed by atoms with Crippen molar-refractivity contribution < 1.29 is 0 Å². The number of aromatic nitrogens is 1. The SMILES string of the molecule is c1cc2ccc3ccc(-c4ccc(-c5sc6ccccc6c6nc7ccccc7c5-6)cc4)c4ccc(c1)c2c34. The molecule has 0 fully saturated rings. The van der Waals surface area contributed by atoms with Crippen LogP contribution in [0.1, 0.15) is 0 Å². The van der Waals surface area contributed by atoms with Crippen LogP contribution in [0.15, 0.2) is 127 Å². The molecule has 0 aromatic heterocycles. The topological polar surface area (TPSA) is 12.9 Å². The van der Waals surface area contributed by atoms with Crippen LogP contribution >= 0.6 is 11.3 Å². The fourth-order valence-electron chi connectivity index (χ4n) is 6.41. The first-order chi connectivity index (χ1) is 19.3. The molecule has 7 aromatic rings. The van der Waals surface area contributed by atoms with Gasteiger partial charge < -0.3 is 0 Å². The minimum absolute atomic E-state index is 1.06. The van der Waals surface area contributed by atoms with Gasteiger partial charge in [0.15, 0.2) is 0 Å². The molecular formula is C37H21NS. The smallest absolute Gasteiger partial charge is 0.0817 e. The molecule has 1 nitrogen and oxygen atoms in total. The zero-order valence-electron chi connectivity index (χ0n) is 21.0. The summed E-state index contributed by atoms with van der Waals surface area (Å²) in [5.74, 6) is 0. The van der Waals surface area contributed by atoms with E-state index in [4.69, 9.17) is 4.98 Å². The van der Waals surface area contributed by atoms with Crippen LogP contribution in [0.25, 0.3) is 86.1 Å². The van der Waals surface area contributed by atoms with Gasteiger partial charge in [-0.2, -0.15) is 0 Å². The molecule has 7 aromatic carbocycles. The molecule has 0 unspecified atom stereocenters. The third-order valence-corrected chi connectivity index (χ3v) is 9.43. The molecule has 2 aliphatic heterocycles. The van der Waals surface area contributed by atoms with Crippen molar-refractivity contribution in [2.75, 3.05) is 0 Å². The van der Waals surface area contributed by atoms with Crippen LogP contribution < -0.4 is 0 Å². The molecule has 2 heterocycles. The van der Waals surface area contributed by atoms with Gasteiger partial charge in [0.05, 0.1) is 11.2 Å². The van der Waals surface area contributed by atoms with Crippen LogP contribution in [-0.4, -0.2) is 4.98 Å². The molecule has 180 valence electrons. The summed E-state index contributed by atoms with van der Waals surface area (Å²) in [7, 11) is 0. The fraction of sp³-hybridized carbons (Fsp3) is 0. The van der Waals surface area contributed by atoms with Gasteiger partial charge in [-0.1, -0.05) is 115 Å². The van der Waals surface area contributed by atoms with Crippen molar-refractivity contribution in [1.82, 2.24) is 4.98 Å². The average Bonchev–Trinajstić information content (AvgIpc) is 3.40. The summed E-state index contributed by atoms with van der Waals surface area (Å²) >= 11 is 1.86. The van der Waals surface area contributed by atoms with E-state index < -0.39 is 0 Å². The monoisotopic (exact) mass is 511 g/mol. The number of benzene rings is 7. The second-order valence-corrected chi connectivity index (χ2v) is 11.4. The fourth-order valence-corrected chi connectivity index (χ4v) is 7.62. The van der Waals surface area contributed by atoms with Gasteiger partial charge >= 0.3 is 0 Å². The highest BCUT2D eigenvalue weighted by Crippen LogP contribution is 2.47. The third kappa shape index (κ3) is 2.98. The molecule has 0 bridgehead atoms. The van der Waals surface area contributed by atoms with Gasteiger partial charge in [-0.3, -0.25) is 0 Å². The van der Waals surface area contributed by atoms with Crippen molar-refractivity contribution in [3.05, 3.63) is 127 Å². The summed E-state index contributed by atoms with van der Waals surface area (Å²) in [4.78, 5) is 6.35. The molecule has 0 N–H and O–H groups in total. The number of fused-ring (bicyclic) bond motifs is 5. The summed E-state index contributed by atoms with van der Waals surface area (Å²) < 4.78 is 1.26. The van der Waals surface area contributed by atoms with Crippen molar-refractivity contribution in [1.29, 1.82) is 0 Å². The van der Waals surface area contributed by atoms with Crippen molar-refractivity contribution in [3.8, 4) is 32.8 Å². The van der Waals surface area contributed by atoms with Gasteiger partial charge in [0.1, 0.15) is 0 Å². The first-order valence-electron chi connectivity index (χ1n) is 13.3. The summed E-state index contributed by atoms with van der Waals surface area (Å²) in [6.45, 7) is 0. The summed E-state index contributed by atoms with van der Waals surface area (Å²) in [5.41, 5.74) is 7.16. The van der Waals surface area contributed by atoms with Crippen LogP contribution in [0.2, 0.25) is 0 Å². The van der Waals surface area contributed by atoms with Gasteiger partial charge in [-0.05, 0) is 61.1 Å². The molecule has 9 rings (SSSR count). The highest BCUT2D eigenvalue weighted by atomic mass is 32.1. The Morgan fingerprint density at radius 2 is 1.13 bits per heavy atom. The molecule has 2 heteroatoms. The molecule has 2 aliphatic rings. The lowest BCUT2D eigenvalue weighted by atomic mass is 9.89. The Labute approximate surface area is 229 Å². The lowest BCUT2D eigenvalue weighted by molar-refractivity contribution is 1.49. The Balaban J connectivity index is 1.26. The van der Waals surface area contributed by atoms with E-state index in [0.29, 0.717) is 0 Å². The maximum absolute atomic E-state index is 5.08. The van der Waals surface area contributed by atoms with E-state index in [9.17, 15) is 0 Å².